The van der Waals surface area contributed by atoms with Crippen molar-refractivity contribution < 1.29 is 42.2 Å². The summed E-state index contributed by atoms with van der Waals surface area (Å²) >= 11 is 0. The van der Waals surface area contributed by atoms with Crippen LogP contribution in [0.25, 0.3) is 0 Å². The van der Waals surface area contributed by atoms with E-state index in [4.69, 9.17) is 4.74 Å². The number of imide groups is 1. The number of carbonyl (C=O) groups excluding carboxylic acids is 4. The minimum Gasteiger partial charge on any atom is -0.493 e. The van der Waals surface area contributed by atoms with Gasteiger partial charge in [0.1, 0.15) is 6.54 Å². The zero-order chi connectivity index (χ0) is 23.2. The summed E-state index contributed by atoms with van der Waals surface area (Å²) in [6, 6.07) is 2.07. The first-order valence-electron chi connectivity index (χ1n) is 9.83. The number of alkyl halides is 2. The fraction of sp³-hybridized carbons (Fsp3) is 0.429. The Morgan fingerprint density at radius 3 is 2.25 bits per heavy atom. The molecule has 1 saturated heterocycles. The Bertz CT molecular complexity index is 996. The number of benzene rings is 1. The van der Waals surface area contributed by atoms with Gasteiger partial charge < -0.3 is 19.5 Å². The van der Waals surface area contributed by atoms with Gasteiger partial charge in [-0.25, -0.2) is 4.79 Å². The average Bonchev–Trinajstić information content (AvgIpc) is 3.43. The normalized spacial score (nSPS) is 25.3. The van der Waals surface area contributed by atoms with Crippen LogP contribution in [0.15, 0.2) is 24.3 Å². The van der Waals surface area contributed by atoms with Crippen LogP contribution in [0.2, 0.25) is 0 Å². The van der Waals surface area contributed by atoms with Gasteiger partial charge in [0.15, 0.2) is 11.5 Å². The Balaban J connectivity index is 1.55. The second-order valence-electron chi connectivity index (χ2n) is 7.73. The van der Waals surface area contributed by atoms with Crippen LogP contribution in [0, 0.1) is 23.7 Å². The lowest BCUT2D eigenvalue weighted by atomic mass is 9.85. The monoisotopic (exact) mass is 450 g/mol. The number of hydrogen-bond acceptors (Lipinski definition) is 7. The van der Waals surface area contributed by atoms with Gasteiger partial charge in [-0.2, -0.15) is 8.78 Å². The minimum atomic E-state index is -3.18. The molecule has 1 aromatic rings. The highest BCUT2D eigenvalue weighted by molar-refractivity contribution is 6.10. The number of nitrogens with zero attached hydrogens (tertiary/aromatic N) is 1. The van der Waals surface area contributed by atoms with E-state index in [1.165, 1.54) is 7.11 Å². The molecule has 1 aromatic carbocycles. The van der Waals surface area contributed by atoms with E-state index in [-0.39, 0.29) is 28.8 Å². The minimum absolute atomic E-state index is 0.00363. The maximum absolute atomic E-state index is 12.8. The van der Waals surface area contributed by atoms with E-state index in [1.807, 2.05) is 12.2 Å². The summed E-state index contributed by atoms with van der Waals surface area (Å²) < 4.78 is 39.5. The molecule has 2 bridgehead atoms. The van der Waals surface area contributed by atoms with Gasteiger partial charge in [0.2, 0.25) is 17.7 Å². The van der Waals surface area contributed by atoms with Crippen LogP contribution >= 0.6 is 0 Å². The summed E-state index contributed by atoms with van der Waals surface area (Å²) in [5, 5.41) is 2.38. The Morgan fingerprint density at radius 2 is 1.72 bits per heavy atom. The quantitative estimate of drug-likeness (QED) is 0.383. The molecule has 0 aromatic heterocycles. The van der Waals surface area contributed by atoms with Crippen molar-refractivity contribution in [1.29, 1.82) is 0 Å². The number of likely N-dealkylation sites (tertiary alicyclic amines) is 1. The van der Waals surface area contributed by atoms with Crippen LogP contribution in [-0.4, -0.2) is 56.0 Å². The summed E-state index contributed by atoms with van der Waals surface area (Å²) in [5.74, 6) is -3.98. The van der Waals surface area contributed by atoms with Gasteiger partial charge in [0, 0.05) is 12.1 Å². The molecule has 4 atom stereocenters. The SMILES string of the molecule is COC(=O)c1cc(OC)c(OC(F)F)cc1NC(=O)CN1C(=O)C2C3C=CC(C3)C2C1=O. The molecule has 4 unspecified atom stereocenters. The maximum atomic E-state index is 12.8. The van der Waals surface area contributed by atoms with Crippen LogP contribution in [0.5, 0.6) is 11.5 Å². The van der Waals surface area contributed by atoms with Crippen LogP contribution in [0.1, 0.15) is 16.8 Å². The van der Waals surface area contributed by atoms with Crippen LogP contribution in [-0.2, 0) is 19.1 Å². The predicted molar refractivity (Wildman–Crippen MR) is 104 cm³/mol. The van der Waals surface area contributed by atoms with Gasteiger partial charge in [0.05, 0.1) is 37.3 Å². The number of fused-ring (bicyclic) bond motifs is 5. The Labute approximate surface area is 181 Å². The number of methoxy groups -OCH3 is 2. The molecule has 0 spiro atoms. The zero-order valence-electron chi connectivity index (χ0n) is 17.2. The predicted octanol–water partition coefficient (Wildman–Crippen LogP) is 1.83. The van der Waals surface area contributed by atoms with E-state index in [2.05, 4.69) is 14.8 Å². The van der Waals surface area contributed by atoms with Crippen LogP contribution < -0.4 is 14.8 Å². The second kappa shape index (κ2) is 8.21. The highest BCUT2D eigenvalue weighted by atomic mass is 19.3. The number of carbonyl (C=O) groups is 4. The molecule has 2 aliphatic carbocycles. The number of esters is 1. The van der Waals surface area contributed by atoms with Crippen molar-refractivity contribution in [2.75, 3.05) is 26.1 Å². The number of anilines is 1. The van der Waals surface area contributed by atoms with E-state index in [1.54, 1.807) is 0 Å². The molecule has 170 valence electrons. The lowest BCUT2D eigenvalue weighted by Gasteiger charge is -2.18. The highest BCUT2D eigenvalue weighted by Crippen LogP contribution is 2.52. The van der Waals surface area contributed by atoms with Gasteiger partial charge in [-0.1, -0.05) is 12.2 Å². The Hall–Kier alpha value is -3.50. The molecular weight excluding hydrogens is 430 g/mol. The largest absolute Gasteiger partial charge is 0.493 e. The van der Waals surface area contributed by atoms with Gasteiger partial charge in [-0.15, -0.1) is 0 Å². The average molecular weight is 450 g/mol. The number of nitrogens with one attached hydrogen (secondary N) is 1. The summed E-state index contributed by atoms with van der Waals surface area (Å²) in [6.07, 6.45) is 4.63. The number of rotatable bonds is 7. The Kier molecular flexibility index (Phi) is 5.57. The first-order valence-corrected chi connectivity index (χ1v) is 9.83. The molecule has 1 heterocycles. The lowest BCUT2D eigenvalue weighted by molar-refractivity contribution is -0.143. The van der Waals surface area contributed by atoms with Crippen LogP contribution in [0.4, 0.5) is 14.5 Å². The van der Waals surface area contributed by atoms with Crippen LogP contribution in [0.3, 0.4) is 0 Å². The van der Waals surface area contributed by atoms with E-state index < -0.39 is 54.4 Å². The molecule has 1 saturated carbocycles. The second-order valence-corrected chi connectivity index (χ2v) is 7.73. The molecule has 2 fully saturated rings. The van der Waals surface area contributed by atoms with E-state index in [0.717, 1.165) is 30.6 Å². The summed E-state index contributed by atoms with van der Waals surface area (Å²) in [7, 11) is 2.29. The smallest absolute Gasteiger partial charge is 0.387 e. The molecule has 3 aliphatic rings. The lowest BCUT2D eigenvalue weighted by Crippen LogP contribution is -2.39. The molecule has 9 nitrogen and oxygen atoms in total. The molecular formula is C21H20F2N2O7. The maximum Gasteiger partial charge on any atom is 0.387 e. The van der Waals surface area contributed by atoms with E-state index in [9.17, 15) is 28.0 Å². The van der Waals surface area contributed by atoms with Crippen molar-refractivity contribution >= 4 is 29.4 Å². The summed E-state index contributed by atoms with van der Waals surface area (Å²) in [5.41, 5.74) is -0.378. The van der Waals surface area contributed by atoms with Gasteiger partial charge in [-0.05, 0) is 18.3 Å². The number of ether oxygens (including phenoxy) is 3. The van der Waals surface area contributed by atoms with Crippen molar-refractivity contribution in [3.05, 3.63) is 29.8 Å². The number of halogens is 2. The summed E-state index contributed by atoms with van der Waals surface area (Å²) in [4.78, 5) is 51.2. The third kappa shape index (κ3) is 3.57. The van der Waals surface area contributed by atoms with Gasteiger partial charge in [0.25, 0.3) is 0 Å². The zero-order valence-corrected chi connectivity index (χ0v) is 17.2. The first-order chi connectivity index (χ1) is 15.2. The number of hydrogen-bond donors (Lipinski definition) is 1. The van der Waals surface area contributed by atoms with Crippen molar-refractivity contribution in [2.45, 2.75) is 13.0 Å². The molecule has 1 N–H and O–H groups in total. The fourth-order valence-electron chi connectivity index (χ4n) is 4.74. The topological polar surface area (TPSA) is 111 Å². The molecule has 3 amide bonds. The number of amides is 3. The van der Waals surface area contributed by atoms with E-state index >= 15 is 0 Å². The third-order valence-corrected chi connectivity index (χ3v) is 6.06. The number of allylic oxidation sites excluding steroid dienone is 2. The van der Waals surface area contributed by atoms with Crippen molar-refractivity contribution in [3.63, 3.8) is 0 Å². The Morgan fingerprint density at radius 1 is 1.09 bits per heavy atom. The molecule has 1 aliphatic heterocycles. The molecule has 4 rings (SSSR count). The van der Waals surface area contributed by atoms with Gasteiger partial charge in [-0.3, -0.25) is 19.3 Å². The summed E-state index contributed by atoms with van der Waals surface area (Å²) in [6.45, 7) is -3.75. The molecule has 0 radical (unpaired) electrons. The fourth-order valence-corrected chi connectivity index (χ4v) is 4.74. The van der Waals surface area contributed by atoms with E-state index in [0.29, 0.717) is 0 Å². The van der Waals surface area contributed by atoms with Crippen molar-refractivity contribution in [3.8, 4) is 11.5 Å². The van der Waals surface area contributed by atoms with Gasteiger partial charge >= 0.3 is 12.6 Å². The highest BCUT2D eigenvalue weighted by Gasteiger charge is 2.59. The third-order valence-electron chi connectivity index (χ3n) is 6.06. The molecule has 11 heteroatoms. The van der Waals surface area contributed by atoms with Crippen molar-refractivity contribution in [2.24, 2.45) is 23.7 Å². The standard InChI is InChI=1S/C21H20F2N2O7/c1-30-13-6-11(20(29)31-2)12(7-14(13)32-21(22)23)24-15(26)8-25-18(27)16-9-3-4-10(5-9)17(16)19(25)28/h3-4,6-7,9-10,16-17,21H,5,8H2,1-2H3,(H,24,26). The first kappa shape index (κ1) is 21.7. The van der Waals surface area contributed by atoms with Crippen molar-refractivity contribution in [1.82, 2.24) is 4.90 Å². The molecule has 32 heavy (non-hydrogen) atoms.